The molecule has 1 unspecified atom stereocenters. The number of para-hydroxylation sites is 1. The standard InChI is InChI=1S/C25H26O6/c1-28-21-12-8-19(9-13-21)16-25(27,18-31-23-6-4-3-5-7-23)24(26)30-17-20-10-14-22(29-2)15-11-20/h3-15,27H,16-18H2,1-2H3. The molecule has 0 saturated heterocycles. The average Bonchev–Trinajstić information content (AvgIpc) is 2.82. The minimum atomic E-state index is -1.86. The second kappa shape index (κ2) is 10.5. The minimum Gasteiger partial charge on any atom is -0.497 e. The number of benzene rings is 3. The summed E-state index contributed by atoms with van der Waals surface area (Å²) in [5.74, 6) is 1.20. The van der Waals surface area contributed by atoms with Crippen molar-refractivity contribution in [2.75, 3.05) is 20.8 Å². The summed E-state index contributed by atoms with van der Waals surface area (Å²) >= 11 is 0. The van der Waals surface area contributed by atoms with E-state index in [-0.39, 0.29) is 19.6 Å². The van der Waals surface area contributed by atoms with Gasteiger partial charge in [-0.25, -0.2) is 4.79 Å². The lowest BCUT2D eigenvalue weighted by molar-refractivity contribution is -0.170. The maximum Gasteiger partial charge on any atom is 0.342 e. The molecular formula is C25H26O6. The Morgan fingerprint density at radius 2 is 1.32 bits per heavy atom. The first-order chi connectivity index (χ1) is 15.0. The number of esters is 1. The Hall–Kier alpha value is -3.51. The summed E-state index contributed by atoms with van der Waals surface area (Å²) in [4.78, 5) is 12.9. The van der Waals surface area contributed by atoms with Crippen molar-refractivity contribution in [1.82, 2.24) is 0 Å². The number of hydrogen-bond acceptors (Lipinski definition) is 6. The first-order valence-corrected chi connectivity index (χ1v) is 9.86. The van der Waals surface area contributed by atoms with Crippen molar-refractivity contribution >= 4 is 5.97 Å². The molecule has 1 N–H and O–H groups in total. The number of carbonyl (C=O) groups excluding carboxylic acids is 1. The Kier molecular flexibility index (Phi) is 7.51. The molecule has 0 aliphatic heterocycles. The molecule has 31 heavy (non-hydrogen) atoms. The largest absolute Gasteiger partial charge is 0.497 e. The van der Waals surface area contributed by atoms with Gasteiger partial charge in [0.2, 0.25) is 0 Å². The van der Waals surface area contributed by atoms with Crippen LogP contribution in [0.1, 0.15) is 11.1 Å². The van der Waals surface area contributed by atoms with E-state index in [2.05, 4.69) is 0 Å². The maximum atomic E-state index is 12.9. The molecule has 0 amide bonds. The summed E-state index contributed by atoms with van der Waals surface area (Å²) in [5.41, 5.74) is -0.331. The van der Waals surface area contributed by atoms with Crippen molar-refractivity contribution in [1.29, 1.82) is 0 Å². The second-order valence-corrected chi connectivity index (χ2v) is 7.08. The molecule has 3 rings (SSSR count). The number of aliphatic hydroxyl groups is 1. The topological polar surface area (TPSA) is 74.2 Å². The Bertz CT molecular complexity index is 954. The number of hydrogen-bond donors (Lipinski definition) is 1. The van der Waals surface area contributed by atoms with Gasteiger partial charge in [-0.05, 0) is 47.5 Å². The maximum absolute atomic E-state index is 12.9. The Morgan fingerprint density at radius 1 is 0.774 bits per heavy atom. The highest BCUT2D eigenvalue weighted by molar-refractivity contribution is 5.80. The SMILES string of the molecule is COc1ccc(COC(=O)C(O)(COc2ccccc2)Cc2ccc(OC)cc2)cc1. The summed E-state index contributed by atoms with van der Waals surface area (Å²) in [6.07, 6.45) is 0.0330. The van der Waals surface area contributed by atoms with Gasteiger partial charge in [0.05, 0.1) is 14.2 Å². The number of methoxy groups -OCH3 is 2. The molecule has 0 aliphatic carbocycles. The van der Waals surface area contributed by atoms with Crippen LogP contribution in [0.25, 0.3) is 0 Å². The van der Waals surface area contributed by atoms with Gasteiger partial charge in [0.1, 0.15) is 30.5 Å². The zero-order chi connectivity index (χ0) is 22.1. The van der Waals surface area contributed by atoms with Crippen LogP contribution >= 0.6 is 0 Å². The van der Waals surface area contributed by atoms with Gasteiger partial charge in [0, 0.05) is 6.42 Å². The van der Waals surface area contributed by atoms with Crippen LogP contribution < -0.4 is 14.2 Å². The molecule has 0 fully saturated rings. The molecule has 162 valence electrons. The molecule has 0 saturated carbocycles. The van der Waals surface area contributed by atoms with Crippen LogP contribution in [-0.4, -0.2) is 37.5 Å². The molecule has 3 aromatic carbocycles. The predicted octanol–water partition coefficient (Wildman–Crippen LogP) is 3.80. The van der Waals surface area contributed by atoms with E-state index in [4.69, 9.17) is 18.9 Å². The minimum absolute atomic E-state index is 0.0269. The fourth-order valence-corrected chi connectivity index (χ4v) is 2.99. The van der Waals surface area contributed by atoms with Crippen molar-refractivity contribution < 1.29 is 28.8 Å². The number of carbonyl (C=O) groups is 1. The van der Waals surface area contributed by atoms with Crippen molar-refractivity contribution in [3.05, 3.63) is 90.0 Å². The number of rotatable bonds is 10. The van der Waals surface area contributed by atoms with E-state index in [1.54, 1.807) is 74.9 Å². The molecule has 1 atom stereocenters. The van der Waals surface area contributed by atoms with E-state index >= 15 is 0 Å². The Balaban J connectivity index is 1.72. The third-order valence-electron chi connectivity index (χ3n) is 4.79. The highest BCUT2D eigenvalue weighted by atomic mass is 16.6. The van der Waals surface area contributed by atoms with Gasteiger partial charge in [0.25, 0.3) is 0 Å². The van der Waals surface area contributed by atoms with Crippen LogP contribution in [0.2, 0.25) is 0 Å². The lowest BCUT2D eigenvalue weighted by Gasteiger charge is -2.26. The smallest absolute Gasteiger partial charge is 0.342 e. The zero-order valence-electron chi connectivity index (χ0n) is 17.6. The van der Waals surface area contributed by atoms with E-state index < -0.39 is 11.6 Å². The summed E-state index contributed by atoms with van der Waals surface area (Å²) in [5, 5.41) is 11.2. The van der Waals surface area contributed by atoms with Crippen molar-refractivity contribution in [2.24, 2.45) is 0 Å². The summed E-state index contributed by atoms with van der Waals surface area (Å²) in [6.45, 7) is -0.219. The monoisotopic (exact) mass is 422 g/mol. The molecule has 0 aromatic heterocycles. The summed E-state index contributed by atoms with van der Waals surface area (Å²) in [6, 6.07) is 23.3. The fourth-order valence-electron chi connectivity index (χ4n) is 2.99. The van der Waals surface area contributed by atoms with Crippen LogP contribution in [0.15, 0.2) is 78.9 Å². The van der Waals surface area contributed by atoms with Crippen molar-refractivity contribution in [3.63, 3.8) is 0 Å². The van der Waals surface area contributed by atoms with Gasteiger partial charge in [-0.1, -0.05) is 42.5 Å². The van der Waals surface area contributed by atoms with Gasteiger partial charge in [0.15, 0.2) is 5.60 Å². The third-order valence-corrected chi connectivity index (χ3v) is 4.79. The fraction of sp³-hybridized carbons (Fsp3) is 0.240. The van der Waals surface area contributed by atoms with E-state index in [9.17, 15) is 9.90 Å². The van der Waals surface area contributed by atoms with Crippen LogP contribution in [0.5, 0.6) is 17.2 Å². The Morgan fingerprint density at radius 3 is 1.87 bits per heavy atom. The van der Waals surface area contributed by atoms with Crippen LogP contribution in [0.3, 0.4) is 0 Å². The van der Waals surface area contributed by atoms with E-state index in [1.165, 1.54) is 0 Å². The molecule has 0 heterocycles. The van der Waals surface area contributed by atoms with Gasteiger partial charge < -0.3 is 24.1 Å². The van der Waals surface area contributed by atoms with Crippen LogP contribution in [0.4, 0.5) is 0 Å². The summed E-state index contributed by atoms with van der Waals surface area (Å²) < 4.78 is 21.4. The van der Waals surface area contributed by atoms with Gasteiger partial charge >= 0.3 is 5.97 Å². The highest BCUT2D eigenvalue weighted by Crippen LogP contribution is 2.22. The zero-order valence-corrected chi connectivity index (χ0v) is 17.6. The molecule has 0 bridgehead atoms. The lowest BCUT2D eigenvalue weighted by Crippen LogP contribution is -2.47. The summed E-state index contributed by atoms with van der Waals surface area (Å²) in [7, 11) is 3.16. The van der Waals surface area contributed by atoms with Gasteiger partial charge in [-0.15, -0.1) is 0 Å². The van der Waals surface area contributed by atoms with Gasteiger partial charge in [-0.3, -0.25) is 0 Å². The second-order valence-electron chi connectivity index (χ2n) is 7.08. The predicted molar refractivity (Wildman–Crippen MR) is 116 cm³/mol. The van der Waals surface area contributed by atoms with Crippen LogP contribution in [-0.2, 0) is 22.6 Å². The first kappa shape index (κ1) is 22.2. The van der Waals surface area contributed by atoms with Crippen molar-refractivity contribution in [2.45, 2.75) is 18.6 Å². The lowest BCUT2D eigenvalue weighted by atomic mass is 9.95. The molecule has 3 aromatic rings. The quantitative estimate of drug-likeness (QED) is 0.501. The van der Waals surface area contributed by atoms with E-state index in [0.29, 0.717) is 17.2 Å². The van der Waals surface area contributed by atoms with E-state index in [0.717, 1.165) is 11.1 Å². The first-order valence-electron chi connectivity index (χ1n) is 9.86. The molecule has 0 spiro atoms. The van der Waals surface area contributed by atoms with Gasteiger partial charge in [-0.2, -0.15) is 0 Å². The molecule has 0 radical (unpaired) electrons. The Labute approximate surface area is 182 Å². The average molecular weight is 422 g/mol. The normalized spacial score (nSPS) is 12.5. The number of ether oxygens (including phenoxy) is 4. The van der Waals surface area contributed by atoms with Crippen molar-refractivity contribution in [3.8, 4) is 17.2 Å². The third kappa shape index (κ3) is 6.23. The molecule has 0 aliphatic rings. The highest BCUT2D eigenvalue weighted by Gasteiger charge is 2.39. The molecule has 6 nitrogen and oxygen atoms in total. The molecular weight excluding hydrogens is 396 g/mol. The van der Waals surface area contributed by atoms with E-state index in [1.807, 2.05) is 18.2 Å². The van der Waals surface area contributed by atoms with Crippen LogP contribution in [0, 0.1) is 0 Å². The molecule has 6 heteroatoms.